The van der Waals surface area contributed by atoms with Crippen molar-refractivity contribution in [1.82, 2.24) is 14.7 Å². The van der Waals surface area contributed by atoms with Gasteiger partial charge in [-0.3, -0.25) is 14.6 Å². The number of imide groups is 1. The van der Waals surface area contributed by atoms with Crippen molar-refractivity contribution in [3.8, 4) is 0 Å². The molecule has 2 aromatic carbocycles. The summed E-state index contributed by atoms with van der Waals surface area (Å²) in [6.45, 7) is 1.33. The number of likely N-dealkylation sites (N-methyl/N-ethyl adjacent to an activating group) is 1. The first-order chi connectivity index (χ1) is 15.4. The summed E-state index contributed by atoms with van der Waals surface area (Å²) < 4.78 is 6.34. The number of fused-ring (bicyclic) bond motifs is 1. The van der Waals surface area contributed by atoms with Gasteiger partial charge in [0.2, 0.25) is 0 Å². The molecule has 4 rings (SSSR count). The highest BCUT2D eigenvalue weighted by atomic mass is 16.5. The Morgan fingerprint density at radius 2 is 1.72 bits per heavy atom. The van der Waals surface area contributed by atoms with E-state index in [-0.39, 0.29) is 11.8 Å². The van der Waals surface area contributed by atoms with Gasteiger partial charge in [-0.05, 0) is 25.2 Å². The maximum atomic E-state index is 12.6. The number of benzene rings is 2. The lowest BCUT2D eigenvalue weighted by atomic mass is 9.96. The molecule has 0 bridgehead atoms. The molecule has 2 aromatic rings. The highest BCUT2D eigenvalue weighted by molar-refractivity contribution is 6.47. The standard InChI is InChI=1S/C24H27N5O3/c1-27(2)14-15-32-20(16-10-6-5-7-11-16)17-12-8-9-13-18(17)21-25-19-22(26-21)28(3)24(31)29(4)23(19)30/h5-13,20,22H,14-15H2,1-4H3. The molecule has 2 aliphatic heterocycles. The molecule has 2 unspecified atom stereocenters. The highest BCUT2D eigenvalue weighted by Gasteiger charge is 2.43. The molecule has 3 amide bonds. The Labute approximate surface area is 187 Å². The van der Waals surface area contributed by atoms with E-state index in [2.05, 4.69) is 14.9 Å². The van der Waals surface area contributed by atoms with E-state index in [0.717, 1.165) is 28.1 Å². The molecule has 166 valence electrons. The second-order valence-electron chi connectivity index (χ2n) is 8.13. The van der Waals surface area contributed by atoms with Crippen molar-refractivity contribution in [3.63, 3.8) is 0 Å². The average Bonchev–Trinajstić information content (AvgIpc) is 3.25. The van der Waals surface area contributed by atoms with Crippen LogP contribution in [-0.2, 0) is 9.53 Å². The summed E-state index contributed by atoms with van der Waals surface area (Å²) in [5.74, 6) is 0.0113. The lowest BCUT2D eigenvalue weighted by Gasteiger charge is -2.32. The molecular formula is C24H27N5O3. The number of hydrogen-bond donors (Lipinski definition) is 0. The highest BCUT2D eigenvalue weighted by Crippen LogP contribution is 2.31. The normalized spacial score (nSPS) is 19.2. The van der Waals surface area contributed by atoms with Crippen LogP contribution in [0.2, 0.25) is 0 Å². The SMILES string of the molecule is CN(C)CCOC(c1ccccc1)c1ccccc1C1=NC2C(=N1)C(=O)N(C)C(=O)N2C. The van der Waals surface area contributed by atoms with E-state index in [0.29, 0.717) is 12.4 Å². The molecule has 2 heterocycles. The Hall–Kier alpha value is -3.36. The molecule has 1 saturated heterocycles. The topological polar surface area (TPSA) is 77.8 Å². The van der Waals surface area contributed by atoms with Crippen LogP contribution < -0.4 is 0 Å². The Kier molecular flexibility index (Phi) is 6.16. The first kappa shape index (κ1) is 21.9. The van der Waals surface area contributed by atoms with Gasteiger partial charge in [-0.2, -0.15) is 0 Å². The smallest absolute Gasteiger partial charge is 0.328 e. The Morgan fingerprint density at radius 3 is 2.44 bits per heavy atom. The van der Waals surface area contributed by atoms with Crippen LogP contribution in [0.25, 0.3) is 0 Å². The van der Waals surface area contributed by atoms with Crippen LogP contribution in [0.4, 0.5) is 4.79 Å². The quantitative estimate of drug-likeness (QED) is 0.672. The first-order valence-electron chi connectivity index (χ1n) is 10.5. The van der Waals surface area contributed by atoms with Gasteiger partial charge in [-0.15, -0.1) is 0 Å². The summed E-state index contributed by atoms with van der Waals surface area (Å²) in [6.07, 6.45) is -1.03. The first-order valence-corrected chi connectivity index (χ1v) is 10.5. The third-order valence-corrected chi connectivity index (χ3v) is 5.60. The number of amidine groups is 1. The molecule has 2 atom stereocenters. The van der Waals surface area contributed by atoms with E-state index >= 15 is 0 Å². The summed E-state index contributed by atoms with van der Waals surface area (Å²) in [7, 11) is 7.09. The molecule has 8 nitrogen and oxygen atoms in total. The van der Waals surface area contributed by atoms with E-state index in [9.17, 15) is 9.59 Å². The number of hydrogen-bond acceptors (Lipinski definition) is 6. The summed E-state index contributed by atoms with van der Waals surface area (Å²) >= 11 is 0. The number of nitrogens with zero attached hydrogens (tertiary/aromatic N) is 5. The number of ether oxygens (including phenoxy) is 1. The van der Waals surface area contributed by atoms with Crippen LogP contribution in [0, 0.1) is 0 Å². The largest absolute Gasteiger partial charge is 0.367 e. The molecular weight excluding hydrogens is 406 g/mol. The van der Waals surface area contributed by atoms with Crippen LogP contribution in [0.15, 0.2) is 64.6 Å². The zero-order chi connectivity index (χ0) is 22.8. The number of rotatable bonds is 7. The van der Waals surface area contributed by atoms with Crippen LogP contribution in [-0.4, -0.2) is 85.7 Å². The van der Waals surface area contributed by atoms with Crippen LogP contribution in [0.3, 0.4) is 0 Å². The Balaban J connectivity index is 1.74. The minimum Gasteiger partial charge on any atom is -0.367 e. The van der Waals surface area contributed by atoms with Gasteiger partial charge >= 0.3 is 6.03 Å². The van der Waals surface area contributed by atoms with E-state index in [1.807, 2.05) is 68.7 Å². The number of carbonyl (C=O) groups excluding carboxylic acids is 2. The van der Waals surface area contributed by atoms with Crippen molar-refractivity contribution in [2.24, 2.45) is 9.98 Å². The minimum absolute atomic E-state index is 0.254. The molecule has 0 spiro atoms. The molecule has 2 aliphatic rings. The van der Waals surface area contributed by atoms with Crippen LogP contribution in [0.1, 0.15) is 22.8 Å². The molecule has 0 aromatic heterocycles. The second-order valence-corrected chi connectivity index (χ2v) is 8.13. The third kappa shape index (κ3) is 4.06. The monoisotopic (exact) mass is 433 g/mol. The van der Waals surface area contributed by atoms with Crippen LogP contribution >= 0.6 is 0 Å². The van der Waals surface area contributed by atoms with Crippen molar-refractivity contribution in [3.05, 3.63) is 71.3 Å². The van der Waals surface area contributed by atoms with Gasteiger partial charge in [-0.1, -0.05) is 54.6 Å². The molecule has 0 aliphatic carbocycles. The minimum atomic E-state index is -0.709. The fraction of sp³-hybridized carbons (Fsp3) is 0.333. The van der Waals surface area contributed by atoms with E-state index in [1.54, 1.807) is 7.05 Å². The van der Waals surface area contributed by atoms with Gasteiger partial charge < -0.3 is 9.64 Å². The van der Waals surface area contributed by atoms with Crippen molar-refractivity contribution in [1.29, 1.82) is 0 Å². The van der Waals surface area contributed by atoms with Gasteiger partial charge in [0.25, 0.3) is 5.91 Å². The molecule has 0 saturated carbocycles. The zero-order valence-corrected chi connectivity index (χ0v) is 18.7. The maximum Gasteiger partial charge on any atom is 0.328 e. The molecule has 32 heavy (non-hydrogen) atoms. The Morgan fingerprint density at radius 1 is 1.03 bits per heavy atom. The van der Waals surface area contributed by atoms with Crippen molar-refractivity contribution < 1.29 is 14.3 Å². The van der Waals surface area contributed by atoms with E-state index < -0.39 is 18.1 Å². The molecule has 0 N–H and O–H groups in total. The zero-order valence-electron chi connectivity index (χ0n) is 18.7. The van der Waals surface area contributed by atoms with Crippen molar-refractivity contribution >= 4 is 23.5 Å². The molecule has 1 fully saturated rings. The molecule has 8 heteroatoms. The lowest BCUT2D eigenvalue weighted by molar-refractivity contribution is -0.122. The number of urea groups is 1. The second kappa shape index (κ2) is 9.02. The van der Waals surface area contributed by atoms with Gasteiger partial charge in [0.1, 0.15) is 6.10 Å². The van der Waals surface area contributed by atoms with Gasteiger partial charge in [0.15, 0.2) is 17.7 Å². The number of amides is 3. The van der Waals surface area contributed by atoms with Crippen molar-refractivity contribution in [2.45, 2.75) is 12.3 Å². The Bertz CT molecular complexity index is 1080. The third-order valence-electron chi connectivity index (χ3n) is 5.60. The molecule has 0 radical (unpaired) electrons. The van der Waals surface area contributed by atoms with Crippen LogP contribution in [0.5, 0.6) is 0 Å². The predicted octanol–water partition coefficient (Wildman–Crippen LogP) is 2.41. The number of aliphatic imine (C=N–C) groups is 2. The summed E-state index contributed by atoms with van der Waals surface area (Å²) in [6, 6.07) is 17.4. The van der Waals surface area contributed by atoms with Crippen molar-refractivity contribution in [2.75, 3.05) is 41.3 Å². The van der Waals surface area contributed by atoms with E-state index in [1.165, 1.54) is 11.9 Å². The lowest BCUT2D eigenvalue weighted by Crippen LogP contribution is -2.58. The predicted molar refractivity (Wildman–Crippen MR) is 123 cm³/mol. The summed E-state index contributed by atoms with van der Waals surface area (Å²) in [5.41, 5.74) is 2.97. The number of carbonyl (C=O) groups is 2. The fourth-order valence-electron chi connectivity index (χ4n) is 3.81. The summed E-state index contributed by atoms with van der Waals surface area (Å²) in [4.78, 5) is 38.7. The van der Waals surface area contributed by atoms with E-state index in [4.69, 9.17) is 4.74 Å². The fourth-order valence-corrected chi connectivity index (χ4v) is 3.81. The van der Waals surface area contributed by atoms with Gasteiger partial charge in [0, 0.05) is 26.2 Å². The summed E-state index contributed by atoms with van der Waals surface area (Å²) in [5, 5.41) is 0. The maximum absolute atomic E-state index is 12.6. The van der Waals surface area contributed by atoms with Gasteiger partial charge in [-0.25, -0.2) is 14.8 Å². The van der Waals surface area contributed by atoms with Gasteiger partial charge in [0.05, 0.1) is 6.61 Å². The average molecular weight is 434 g/mol.